The first kappa shape index (κ1) is 20.7. The summed E-state index contributed by atoms with van der Waals surface area (Å²) in [5.74, 6) is -1.84. The number of hydrogen-bond donors (Lipinski definition) is 4. The molecule has 1 unspecified atom stereocenters. The molecule has 162 valence electrons. The lowest BCUT2D eigenvalue weighted by Crippen LogP contribution is -2.44. The largest absolute Gasteiger partial charge is 0.387 e. The van der Waals surface area contributed by atoms with Gasteiger partial charge >= 0.3 is 5.69 Å². The van der Waals surface area contributed by atoms with Gasteiger partial charge < -0.3 is 20.3 Å². The molecular formula is C19H18N4O8. The van der Waals surface area contributed by atoms with Crippen molar-refractivity contribution < 1.29 is 29.3 Å². The van der Waals surface area contributed by atoms with Crippen molar-refractivity contribution in [3.8, 4) is 0 Å². The summed E-state index contributed by atoms with van der Waals surface area (Å²) in [7, 11) is 0. The highest BCUT2D eigenvalue weighted by Gasteiger charge is 2.44. The molecule has 2 aromatic rings. The van der Waals surface area contributed by atoms with Crippen LogP contribution < -0.4 is 16.6 Å². The Morgan fingerprint density at radius 1 is 1.03 bits per heavy atom. The molecule has 3 heterocycles. The quantitative estimate of drug-likeness (QED) is 0.379. The van der Waals surface area contributed by atoms with Crippen LogP contribution >= 0.6 is 0 Å². The number of hydrogen-bond acceptors (Lipinski definition) is 8. The second-order valence-electron chi connectivity index (χ2n) is 7.11. The van der Waals surface area contributed by atoms with Crippen molar-refractivity contribution in [1.29, 1.82) is 0 Å². The predicted molar refractivity (Wildman–Crippen MR) is 102 cm³/mol. The van der Waals surface area contributed by atoms with Crippen molar-refractivity contribution in [2.45, 2.75) is 24.5 Å². The third kappa shape index (κ3) is 3.67. The van der Waals surface area contributed by atoms with Crippen LogP contribution in [-0.2, 0) is 9.53 Å². The molecule has 1 saturated heterocycles. The summed E-state index contributed by atoms with van der Waals surface area (Å²) in [6.45, 7) is -0.782. The van der Waals surface area contributed by atoms with E-state index in [0.29, 0.717) is 0 Å². The molecule has 0 spiro atoms. The second kappa shape index (κ2) is 7.91. The van der Waals surface area contributed by atoms with Gasteiger partial charge in [-0.2, -0.15) is 0 Å². The van der Waals surface area contributed by atoms with Crippen molar-refractivity contribution in [3.63, 3.8) is 0 Å². The van der Waals surface area contributed by atoms with Gasteiger partial charge in [-0.05, 0) is 12.1 Å². The molecule has 0 radical (unpaired) electrons. The van der Waals surface area contributed by atoms with Crippen LogP contribution in [0.2, 0.25) is 0 Å². The Bertz CT molecular complexity index is 1140. The van der Waals surface area contributed by atoms with Crippen LogP contribution in [0.4, 0.5) is 0 Å². The van der Waals surface area contributed by atoms with E-state index in [1.165, 1.54) is 12.1 Å². The van der Waals surface area contributed by atoms with Crippen molar-refractivity contribution in [3.05, 3.63) is 68.5 Å². The Kier molecular flexibility index (Phi) is 5.27. The molecule has 0 aliphatic carbocycles. The number of carbonyl (C=O) groups excluding carboxylic acids is 3. The molecular weight excluding hydrogens is 412 g/mol. The fourth-order valence-electron chi connectivity index (χ4n) is 3.55. The van der Waals surface area contributed by atoms with E-state index in [0.717, 1.165) is 21.7 Å². The van der Waals surface area contributed by atoms with Crippen LogP contribution in [0.25, 0.3) is 0 Å². The first-order chi connectivity index (χ1) is 14.8. The molecule has 4 N–H and O–H groups in total. The van der Waals surface area contributed by atoms with Crippen LogP contribution in [0.3, 0.4) is 0 Å². The predicted octanol–water partition coefficient (Wildman–Crippen LogP) is -2.43. The van der Waals surface area contributed by atoms with Crippen LogP contribution in [0.1, 0.15) is 26.9 Å². The zero-order chi connectivity index (χ0) is 22.3. The minimum absolute atomic E-state index is 0.215. The third-order valence-electron chi connectivity index (χ3n) is 5.14. The van der Waals surface area contributed by atoms with E-state index in [-0.39, 0.29) is 17.7 Å². The normalized spacial score (nSPS) is 25.0. The molecule has 1 aromatic carbocycles. The Morgan fingerprint density at radius 3 is 2.29 bits per heavy atom. The van der Waals surface area contributed by atoms with E-state index in [9.17, 15) is 34.2 Å². The summed E-state index contributed by atoms with van der Waals surface area (Å²) in [5.41, 5.74) is -1.04. The van der Waals surface area contributed by atoms with Crippen molar-refractivity contribution >= 4 is 17.7 Å². The Hall–Kier alpha value is -3.61. The minimum atomic E-state index is -1.50. The summed E-state index contributed by atoms with van der Waals surface area (Å²) in [5, 5.41) is 22.8. The zero-order valence-corrected chi connectivity index (χ0v) is 15.9. The maximum atomic E-state index is 12.3. The van der Waals surface area contributed by atoms with Crippen LogP contribution in [0, 0.1) is 0 Å². The lowest BCUT2D eigenvalue weighted by atomic mass is 10.1. The van der Waals surface area contributed by atoms with Crippen molar-refractivity contribution in [1.82, 2.24) is 19.8 Å². The standard InChI is InChI=1S/C19H18N4O8/c24-12-5-6-22(19(30)21-12)18-15(27)14(26)11(31-18)7-20-13(25)8-23-16(28)9-3-1-2-4-10(9)17(23)29/h1-6,11,14-15,18,26-27H,7-8H2,(H,20,25)(H,21,24,30)/t11-,14?,15+,18-/m1/s1. The maximum absolute atomic E-state index is 12.3. The molecule has 2 aliphatic rings. The van der Waals surface area contributed by atoms with Gasteiger partial charge in [-0.3, -0.25) is 33.6 Å². The van der Waals surface area contributed by atoms with Gasteiger partial charge in [0.15, 0.2) is 6.23 Å². The van der Waals surface area contributed by atoms with Gasteiger partial charge in [-0.15, -0.1) is 0 Å². The topological polar surface area (TPSA) is 171 Å². The number of amides is 3. The summed E-state index contributed by atoms with van der Waals surface area (Å²) < 4.78 is 6.40. The van der Waals surface area contributed by atoms with Crippen molar-refractivity contribution in [2.75, 3.05) is 13.1 Å². The molecule has 0 saturated carbocycles. The van der Waals surface area contributed by atoms with Crippen LogP contribution in [-0.4, -0.2) is 73.8 Å². The van der Waals surface area contributed by atoms with E-state index < -0.39 is 60.1 Å². The summed E-state index contributed by atoms with van der Waals surface area (Å²) >= 11 is 0. The van der Waals surface area contributed by atoms with E-state index in [4.69, 9.17) is 4.74 Å². The number of nitrogens with one attached hydrogen (secondary N) is 2. The Balaban J connectivity index is 1.38. The number of H-pyrrole nitrogens is 1. The van der Waals surface area contributed by atoms with Gasteiger partial charge in [0, 0.05) is 18.8 Å². The van der Waals surface area contributed by atoms with Crippen LogP contribution in [0.5, 0.6) is 0 Å². The van der Waals surface area contributed by atoms with Gasteiger partial charge in [0.05, 0.1) is 11.1 Å². The number of aliphatic hydroxyl groups excluding tert-OH is 2. The van der Waals surface area contributed by atoms with Gasteiger partial charge in [-0.25, -0.2) is 4.79 Å². The number of aliphatic hydroxyl groups is 2. The zero-order valence-electron chi connectivity index (χ0n) is 15.9. The highest BCUT2D eigenvalue weighted by atomic mass is 16.6. The smallest absolute Gasteiger partial charge is 0.330 e. The molecule has 2 aliphatic heterocycles. The first-order valence-electron chi connectivity index (χ1n) is 9.33. The fourth-order valence-corrected chi connectivity index (χ4v) is 3.55. The lowest BCUT2D eigenvalue weighted by molar-refractivity contribution is -0.122. The summed E-state index contributed by atoms with van der Waals surface area (Å²) in [4.78, 5) is 62.8. The maximum Gasteiger partial charge on any atom is 0.330 e. The molecule has 1 aromatic heterocycles. The van der Waals surface area contributed by atoms with Gasteiger partial charge in [-0.1, -0.05) is 12.1 Å². The molecule has 12 heteroatoms. The minimum Gasteiger partial charge on any atom is -0.387 e. The number of nitrogens with zero attached hydrogens (tertiary/aromatic N) is 2. The Labute approximate surface area is 173 Å². The number of rotatable bonds is 5. The van der Waals surface area contributed by atoms with Crippen molar-refractivity contribution in [2.24, 2.45) is 0 Å². The molecule has 12 nitrogen and oxygen atoms in total. The second-order valence-corrected chi connectivity index (χ2v) is 7.11. The van der Waals surface area contributed by atoms with E-state index in [1.807, 2.05) is 4.98 Å². The number of imide groups is 1. The average Bonchev–Trinajstić information content (AvgIpc) is 3.16. The highest BCUT2D eigenvalue weighted by Crippen LogP contribution is 2.28. The number of ether oxygens (including phenoxy) is 1. The first-order valence-corrected chi connectivity index (χ1v) is 9.33. The average molecular weight is 430 g/mol. The molecule has 1 fully saturated rings. The molecule has 4 atom stereocenters. The fraction of sp³-hybridized carbons (Fsp3) is 0.316. The summed E-state index contributed by atoms with van der Waals surface area (Å²) in [6.07, 6.45) is -4.18. The van der Waals surface area contributed by atoms with Gasteiger partial charge in [0.1, 0.15) is 24.9 Å². The number of fused-ring (bicyclic) bond motifs is 1. The van der Waals surface area contributed by atoms with Gasteiger partial charge in [0.2, 0.25) is 5.91 Å². The van der Waals surface area contributed by atoms with E-state index in [2.05, 4.69) is 5.32 Å². The SMILES string of the molecule is O=C(CN1C(=O)c2ccccc2C1=O)NC[C@H]1O[C@@H](n2ccc(=O)[nH]c2=O)[C@@H](O)C1O. The molecule has 3 amide bonds. The Morgan fingerprint density at radius 2 is 1.68 bits per heavy atom. The monoisotopic (exact) mass is 430 g/mol. The summed E-state index contributed by atoms with van der Waals surface area (Å²) in [6, 6.07) is 7.28. The molecule has 0 bridgehead atoms. The molecule has 4 rings (SSSR count). The van der Waals surface area contributed by atoms with E-state index >= 15 is 0 Å². The number of aromatic nitrogens is 2. The highest BCUT2D eigenvalue weighted by molar-refractivity contribution is 6.22. The van der Waals surface area contributed by atoms with Gasteiger partial charge in [0.25, 0.3) is 17.4 Å². The molecule has 31 heavy (non-hydrogen) atoms. The lowest BCUT2D eigenvalue weighted by Gasteiger charge is -2.17. The number of carbonyl (C=O) groups is 3. The number of benzene rings is 1. The third-order valence-corrected chi connectivity index (χ3v) is 5.14. The number of aromatic amines is 1. The van der Waals surface area contributed by atoms with E-state index in [1.54, 1.807) is 12.1 Å². The van der Waals surface area contributed by atoms with Crippen LogP contribution in [0.15, 0.2) is 46.1 Å².